The second-order valence-corrected chi connectivity index (χ2v) is 6.91. The van der Waals surface area contributed by atoms with E-state index >= 15 is 0 Å². The van der Waals surface area contributed by atoms with Gasteiger partial charge in [0.15, 0.2) is 0 Å². The third kappa shape index (κ3) is 5.51. The quantitative estimate of drug-likeness (QED) is 0.678. The van der Waals surface area contributed by atoms with E-state index in [1.54, 1.807) is 19.1 Å². The van der Waals surface area contributed by atoms with Gasteiger partial charge < -0.3 is 10.1 Å². The molecule has 0 radical (unpaired) electrons. The largest absolute Gasteiger partial charge is 0.433 e. The van der Waals surface area contributed by atoms with Crippen molar-refractivity contribution >= 4 is 39.3 Å². The molecule has 0 aliphatic carbocycles. The highest BCUT2D eigenvalue weighted by Gasteiger charge is 2.17. The van der Waals surface area contributed by atoms with Gasteiger partial charge in [0.1, 0.15) is 5.75 Å². The molecule has 122 valence electrons. The fraction of sp³-hybridized carbons (Fsp3) is 0.188. The van der Waals surface area contributed by atoms with Crippen molar-refractivity contribution in [2.45, 2.75) is 23.7 Å². The first-order valence-corrected chi connectivity index (χ1v) is 8.40. The van der Waals surface area contributed by atoms with Crippen LogP contribution in [0.2, 0.25) is 0 Å². The summed E-state index contributed by atoms with van der Waals surface area (Å²) < 4.78 is 30.1. The zero-order valence-electron chi connectivity index (χ0n) is 12.1. The molecule has 0 aromatic heterocycles. The van der Waals surface area contributed by atoms with E-state index in [4.69, 9.17) is 0 Å². The second kappa shape index (κ2) is 8.31. The lowest BCUT2D eigenvalue weighted by atomic mass is 10.3. The van der Waals surface area contributed by atoms with Gasteiger partial charge in [-0.1, -0.05) is 28.1 Å². The third-order valence-corrected chi connectivity index (χ3v) is 4.50. The molecular weight excluding hydrogens is 388 g/mol. The highest BCUT2D eigenvalue weighted by atomic mass is 79.9. The topological polar surface area (TPSA) is 38.3 Å². The Morgan fingerprint density at radius 3 is 2.48 bits per heavy atom. The van der Waals surface area contributed by atoms with E-state index < -0.39 is 11.9 Å². The van der Waals surface area contributed by atoms with Gasteiger partial charge in [0, 0.05) is 9.37 Å². The van der Waals surface area contributed by atoms with E-state index in [0.717, 1.165) is 9.37 Å². The Kier molecular flexibility index (Phi) is 6.41. The molecule has 1 amide bonds. The summed E-state index contributed by atoms with van der Waals surface area (Å²) in [5.41, 5.74) is 0.223. The van der Waals surface area contributed by atoms with Crippen LogP contribution in [0.4, 0.5) is 14.5 Å². The SMILES string of the molecule is C[C@H](Sc1ccc(Br)cc1)C(=O)Nc1ccccc1OC(F)F. The molecule has 0 bridgehead atoms. The number of rotatable bonds is 6. The number of ether oxygens (including phenoxy) is 1. The number of amides is 1. The number of benzene rings is 2. The van der Waals surface area contributed by atoms with Gasteiger partial charge in [0.25, 0.3) is 0 Å². The summed E-state index contributed by atoms with van der Waals surface area (Å²) >= 11 is 4.73. The van der Waals surface area contributed by atoms with Crippen LogP contribution in [0, 0.1) is 0 Å². The molecule has 0 saturated carbocycles. The minimum absolute atomic E-state index is 0.0586. The normalized spacial score (nSPS) is 12.0. The predicted molar refractivity (Wildman–Crippen MR) is 91.2 cm³/mol. The number of thioether (sulfide) groups is 1. The molecule has 0 aliphatic rings. The van der Waals surface area contributed by atoms with Gasteiger partial charge in [-0.25, -0.2) is 0 Å². The van der Waals surface area contributed by atoms with E-state index in [0.29, 0.717) is 0 Å². The van der Waals surface area contributed by atoms with Crippen molar-refractivity contribution in [3.05, 3.63) is 53.0 Å². The predicted octanol–water partition coefficient (Wildman–Crippen LogP) is 5.17. The number of nitrogens with one attached hydrogen (secondary N) is 1. The molecule has 0 saturated heterocycles. The molecule has 1 N–H and O–H groups in total. The Morgan fingerprint density at radius 2 is 1.83 bits per heavy atom. The van der Waals surface area contributed by atoms with E-state index in [1.807, 2.05) is 24.3 Å². The van der Waals surface area contributed by atoms with Gasteiger partial charge in [0.2, 0.25) is 5.91 Å². The lowest BCUT2D eigenvalue weighted by molar-refractivity contribution is -0.115. The van der Waals surface area contributed by atoms with Gasteiger partial charge in [-0.3, -0.25) is 4.79 Å². The zero-order valence-corrected chi connectivity index (χ0v) is 14.5. The average Bonchev–Trinajstić information content (AvgIpc) is 2.51. The van der Waals surface area contributed by atoms with Gasteiger partial charge >= 0.3 is 6.61 Å². The number of carbonyl (C=O) groups excluding carboxylic acids is 1. The first-order chi connectivity index (χ1) is 11.0. The van der Waals surface area contributed by atoms with Crippen molar-refractivity contribution in [3.63, 3.8) is 0 Å². The number of carbonyl (C=O) groups is 1. The lowest BCUT2D eigenvalue weighted by Gasteiger charge is -2.15. The molecule has 2 aromatic carbocycles. The molecule has 1 atom stereocenters. The Hall–Kier alpha value is -1.60. The van der Waals surface area contributed by atoms with Crippen molar-refractivity contribution in [3.8, 4) is 5.75 Å². The molecule has 0 spiro atoms. The van der Waals surface area contributed by atoms with Crippen LogP contribution in [0.15, 0.2) is 57.9 Å². The first-order valence-electron chi connectivity index (χ1n) is 6.72. The Balaban J connectivity index is 2.02. The van der Waals surface area contributed by atoms with Crippen LogP contribution in [-0.4, -0.2) is 17.8 Å². The van der Waals surface area contributed by atoms with Gasteiger partial charge in [-0.15, -0.1) is 11.8 Å². The zero-order chi connectivity index (χ0) is 16.8. The average molecular weight is 402 g/mol. The molecule has 3 nitrogen and oxygen atoms in total. The monoisotopic (exact) mass is 401 g/mol. The van der Waals surface area contributed by atoms with Crippen molar-refractivity contribution in [1.29, 1.82) is 0 Å². The van der Waals surface area contributed by atoms with E-state index in [9.17, 15) is 13.6 Å². The second-order valence-electron chi connectivity index (χ2n) is 4.58. The maximum Gasteiger partial charge on any atom is 0.387 e. The summed E-state index contributed by atoms with van der Waals surface area (Å²) in [6.45, 7) is -1.19. The number of anilines is 1. The van der Waals surface area contributed by atoms with E-state index in [2.05, 4.69) is 26.0 Å². The summed E-state index contributed by atoms with van der Waals surface area (Å²) in [4.78, 5) is 13.2. The molecule has 0 heterocycles. The standard InChI is InChI=1S/C16H14BrF2NO2S/c1-10(23-12-8-6-11(17)7-9-12)15(21)20-13-4-2-3-5-14(13)22-16(18)19/h2-10,16H,1H3,(H,20,21)/t10-/m0/s1. The summed E-state index contributed by atoms with van der Waals surface area (Å²) in [6, 6.07) is 13.7. The number of hydrogen-bond acceptors (Lipinski definition) is 3. The number of alkyl halides is 2. The van der Waals surface area contributed by atoms with E-state index in [1.165, 1.54) is 23.9 Å². The van der Waals surface area contributed by atoms with Crippen molar-refractivity contribution in [1.82, 2.24) is 0 Å². The lowest BCUT2D eigenvalue weighted by Crippen LogP contribution is -2.23. The summed E-state index contributed by atoms with van der Waals surface area (Å²) in [6.07, 6.45) is 0. The van der Waals surface area contributed by atoms with Crippen LogP contribution < -0.4 is 10.1 Å². The van der Waals surface area contributed by atoms with Crippen molar-refractivity contribution < 1.29 is 18.3 Å². The fourth-order valence-corrected chi connectivity index (χ4v) is 2.91. The number of halogens is 3. The number of para-hydroxylation sites is 2. The summed E-state index contributed by atoms with van der Waals surface area (Å²) in [7, 11) is 0. The highest BCUT2D eigenvalue weighted by Crippen LogP contribution is 2.29. The third-order valence-electron chi connectivity index (χ3n) is 2.86. The van der Waals surface area contributed by atoms with Gasteiger partial charge in [-0.05, 0) is 43.3 Å². The first kappa shape index (κ1) is 17.7. The van der Waals surface area contributed by atoms with Crippen LogP contribution >= 0.6 is 27.7 Å². The Morgan fingerprint density at radius 1 is 1.17 bits per heavy atom. The molecule has 7 heteroatoms. The Bertz CT molecular complexity index is 667. The maximum absolute atomic E-state index is 12.4. The van der Waals surface area contributed by atoms with Crippen LogP contribution in [0.25, 0.3) is 0 Å². The molecular formula is C16H14BrF2NO2S. The maximum atomic E-state index is 12.4. The summed E-state index contributed by atoms with van der Waals surface area (Å²) in [5, 5.41) is 2.23. The number of hydrogen-bond donors (Lipinski definition) is 1. The van der Waals surface area contributed by atoms with Gasteiger partial charge in [-0.2, -0.15) is 8.78 Å². The minimum Gasteiger partial charge on any atom is -0.433 e. The van der Waals surface area contributed by atoms with Crippen LogP contribution in [-0.2, 0) is 4.79 Å². The molecule has 0 aliphatic heterocycles. The smallest absolute Gasteiger partial charge is 0.387 e. The fourth-order valence-electron chi connectivity index (χ4n) is 1.77. The molecule has 0 unspecified atom stereocenters. The van der Waals surface area contributed by atoms with Crippen LogP contribution in [0.5, 0.6) is 5.75 Å². The van der Waals surface area contributed by atoms with E-state index in [-0.39, 0.29) is 17.3 Å². The van der Waals surface area contributed by atoms with Crippen LogP contribution in [0.1, 0.15) is 6.92 Å². The Labute approximate surface area is 145 Å². The van der Waals surface area contributed by atoms with Crippen molar-refractivity contribution in [2.24, 2.45) is 0 Å². The molecule has 2 aromatic rings. The molecule has 23 heavy (non-hydrogen) atoms. The summed E-state index contributed by atoms with van der Waals surface area (Å²) in [5.74, 6) is -0.347. The molecule has 0 fully saturated rings. The highest BCUT2D eigenvalue weighted by molar-refractivity contribution is 9.10. The molecule has 2 rings (SSSR count). The van der Waals surface area contributed by atoms with Crippen LogP contribution in [0.3, 0.4) is 0 Å². The van der Waals surface area contributed by atoms with Crippen molar-refractivity contribution in [2.75, 3.05) is 5.32 Å². The van der Waals surface area contributed by atoms with Gasteiger partial charge in [0.05, 0.1) is 10.9 Å². The minimum atomic E-state index is -2.94.